The summed E-state index contributed by atoms with van der Waals surface area (Å²) in [5, 5.41) is 11.5. The van der Waals surface area contributed by atoms with E-state index in [1.807, 2.05) is 29.2 Å². The molecule has 1 aliphatic rings. The first kappa shape index (κ1) is 15.8. The summed E-state index contributed by atoms with van der Waals surface area (Å²) in [5.41, 5.74) is 5.79. The van der Waals surface area contributed by atoms with Crippen molar-refractivity contribution in [1.29, 1.82) is 0 Å². The molecular formula is C17H18ClN3O2. The Kier molecular flexibility index (Phi) is 4.24. The van der Waals surface area contributed by atoms with Crippen LogP contribution in [0.1, 0.15) is 22.3 Å². The van der Waals surface area contributed by atoms with E-state index in [-0.39, 0.29) is 0 Å². The Morgan fingerprint density at radius 3 is 2.87 bits per heavy atom. The first-order chi connectivity index (χ1) is 11.0. The smallest absolute Gasteiger partial charge is 0.250 e. The summed E-state index contributed by atoms with van der Waals surface area (Å²) in [4.78, 5) is 17.4. The fourth-order valence-corrected chi connectivity index (χ4v) is 3.15. The molecule has 6 heteroatoms. The van der Waals surface area contributed by atoms with Gasteiger partial charge < -0.3 is 15.7 Å². The number of aliphatic hydroxyl groups is 1. The molecule has 5 nitrogen and oxygen atoms in total. The molecule has 1 amide bonds. The molecule has 0 saturated carbocycles. The number of hydrogen-bond donors (Lipinski definition) is 2. The lowest BCUT2D eigenvalue weighted by atomic mass is 9.94. The molecule has 1 unspecified atom stereocenters. The molecule has 23 heavy (non-hydrogen) atoms. The largest absolute Gasteiger partial charge is 0.388 e. The highest BCUT2D eigenvalue weighted by Crippen LogP contribution is 2.29. The SMILES string of the molecule is NC(=O)c1ccc(N2CCC(O)(Cc3cccc(Cl)c3)C2)nc1. The minimum atomic E-state index is -0.811. The highest BCUT2D eigenvalue weighted by molar-refractivity contribution is 6.30. The highest BCUT2D eigenvalue weighted by Gasteiger charge is 2.36. The van der Waals surface area contributed by atoms with E-state index in [0.717, 1.165) is 11.4 Å². The van der Waals surface area contributed by atoms with E-state index in [1.54, 1.807) is 12.1 Å². The van der Waals surface area contributed by atoms with Crippen LogP contribution in [0.2, 0.25) is 5.02 Å². The van der Waals surface area contributed by atoms with E-state index < -0.39 is 11.5 Å². The number of hydrogen-bond acceptors (Lipinski definition) is 4. The van der Waals surface area contributed by atoms with Gasteiger partial charge in [0, 0.05) is 30.7 Å². The van der Waals surface area contributed by atoms with Crippen LogP contribution in [0.25, 0.3) is 0 Å². The average Bonchev–Trinajstić information content (AvgIpc) is 2.89. The fourth-order valence-electron chi connectivity index (χ4n) is 2.94. The van der Waals surface area contributed by atoms with E-state index >= 15 is 0 Å². The second-order valence-corrected chi connectivity index (χ2v) is 6.41. The average molecular weight is 332 g/mol. The van der Waals surface area contributed by atoms with Crippen LogP contribution in [0.15, 0.2) is 42.6 Å². The minimum absolute atomic E-state index is 0.377. The fraction of sp³-hybridized carbons (Fsp3) is 0.294. The standard InChI is InChI=1S/C17H18ClN3O2/c18-14-3-1-2-12(8-14)9-17(23)6-7-21(11-17)15-5-4-13(10-20-15)16(19)22/h1-5,8,10,23H,6-7,9,11H2,(H2,19,22). The molecule has 3 rings (SSSR count). The lowest BCUT2D eigenvalue weighted by Gasteiger charge is -2.24. The minimum Gasteiger partial charge on any atom is -0.388 e. The van der Waals surface area contributed by atoms with Gasteiger partial charge in [0.1, 0.15) is 5.82 Å². The van der Waals surface area contributed by atoms with Gasteiger partial charge >= 0.3 is 0 Å². The molecule has 0 bridgehead atoms. The maximum Gasteiger partial charge on any atom is 0.250 e. The molecule has 0 radical (unpaired) electrons. The monoisotopic (exact) mass is 331 g/mol. The van der Waals surface area contributed by atoms with Gasteiger partial charge in [-0.25, -0.2) is 4.98 Å². The summed E-state index contributed by atoms with van der Waals surface area (Å²) < 4.78 is 0. The van der Waals surface area contributed by atoms with Crippen molar-refractivity contribution in [3.8, 4) is 0 Å². The number of nitrogens with zero attached hydrogens (tertiary/aromatic N) is 2. The third kappa shape index (κ3) is 3.63. The molecule has 0 aliphatic carbocycles. The number of β-amino-alcohol motifs (C(OH)–C–C–N with tert-alkyl or cyclic N) is 1. The number of carbonyl (C=O) groups is 1. The molecule has 120 valence electrons. The normalized spacial score (nSPS) is 20.7. The number of halogens is 1. The maximum atomic E-state index is 11.1. The van der Waals surface area contributed by atoms with Gasteiger partial charge in [-0.05, 0) is 36.2 Å². The Balaban J connectivity index is 1.70. The van der Waals surface area contributed by atoms with Crippen LogP contribution in [0.5, 0.6) is 0 Å². The molecule has 1 saturated heterocycles. The summed E-state index contributed by atoms with van der Waals surface area (Å²) in [6.07, 6.45) is 2.66. The van der Waals surface area contributed by atoms with E-state index in [2.05, 4.69) is 4.98 Å². The molecule has 1 fully saturated rings. The molecule has 1 aromatic heterocycles. The Labute approximate surface area is 139 Å². The molecule has 1 aromatic carbocycles. The topological polar surface area (TPSA) is 79.5 Å². The van der Waals surface area contributed by atoms with Crippen molar-refractivity contribution in [1.82, 2.24) is 4.98 Å². The van der Waals surface area contributed by atoms with Crippen molar-refractivity contribution in [3.63, 3.8) is 0 Å². The third-order valence-electron chi connectivity index (χ3n) is 4.11. The zero-order chi connectivity index (χ0) is 16.4. The number of primary amides is 1. The van der Waals surface area contributed by atoms with Crippen LogP contribution >= 0.6 is 11.6 Å². The van der Waals surface area contributed by atoms with Gasteiger partial charge in [-0.15, -0.1) is 0 Å². The maximum absolute atomic E-state index is 11.1. The zero-order valence-electron chi connectivity index (χ0n) is 12.6. The van der Waals surface area contributed by atoms with E-state index in [1.165, 1.54) is 6.20 Å². The second kappa shape index (κ2) is 6.18. The summed E-state index contributed by atoms with van der Waals surface area (Å²) in [6, 6.07) is 11.0. The molecule has 2 aromatic rings. The Bertz CT molecular complexity index is 720. The predicted molar refractivity (Wildman–Crippen MR) is 89.7 cm³/mol. The van der Waals surface area contributed by atoms with Gasteiger partial charge in [0.05, 0.1) is 11.2 Å². The van der Waals surface area contributed by atoms with Crippen LogP contribution in [-0.4, -0.2) is 34.7 Å². The predicted octanol–water partition coefficient (Wildman–Crippen LogP) is 2.02. The Hall–Kier alpha value is -2.11. The summed E-state index contributed by atoms with van der Waals surface area (Å²) >= 11 is 6.00. The Morgan fingerprint density at radius 2 is 2.22 bits per heavy atom. The van der Waals surface area contributed by atoms with E-state index in [0.29, 0.717) is 36.5 Å². The van der Waals surface area contributed by atoms with Crippen molar-refractivity contribution in [2.75, 3.05) is 18.0 Å². The van der Waals surface area contributed by atoms with Crippen molar-refractivity contribution in [2.45, 2.75) is 18.4 Å². The lowest BCUT2D eigenvalue weighted by molar-refractivity contribution is 0.0637. The van der Waals surface area contributed by atoms with Gasteiger partial charge in [0.25, 0.3) is 0 Å². The van der Waals surface area contributed by atoms with Gasteiger partial charge in [-0.2, -0.15) is 0 Å². The van der Waals surface area contributed by atoms with Crippen molar-refractivity contribution >= 4 is 23.3 Å². The molecular weight excluding hydrogens is 314 g/mol. The number of nitrogens with two attached hydrogens (primary N) is 1. The number of anilines is 1. The third-order valence-corrected chi connectivity index (χ3v) is 4.35. The second-order valence-electron chi connectivity index (χ2n) is 5.97. The number of carbonyl (C=O) groups excluding carboxylic acids is 1. The molecule has 3 N–H and O–H groups in total. The summed E-state index contributed by atoms with van der Waals surface area (Å²) in [5.74, 6) is 0.236. The lowest BCUT2D eigenvalue weighted by Crippen LogP contribution is -2.35. The zero-order valence-corrected chi connectivity index (χ0v) is 13.3. The molecule has 1 atom stereocenters. The van der Waals surface area contributed by atoms with Crippen LogP contribution < -0.4 is 10.6 Å². The number of benzene rings is 1. The number of amides is 1. The van der Waals surface area contributed by atoms with E-state index in [9.17, 15) is 9.90 Å². The van der Waals surface area contributed by atoms with Crippen LogP contribution in [0, 0.1) is 0 Å². The first-order valence-electron chi connectivity index (χ1n) is 7.43. The molecule has 2 heterocycles. The van der Waals surface area contributed by atoms with Crippen LogP contribution in [-0.2, 0) is 6.42 Å². The van der Waals surface area contributed by atoms with Crippen molar-refractivity contribution < 1.29 is 9.90 Å². The Morgan fingerprint density at radius 1 is 1.39 bits per heavy atom. The van der Waals surface area contributed by atoms with Gasteiger partial charge in [0.15, 0.2) is 0 Å². The van der Waals surface area contributed by atoms with Crippen molar-refractivity contribution in [2.24, 2.45) is 5.73 Å². The highest BCUT2D eigenvalue weighted by atomic mass is 35.5. The summed E-state index contributed by atoms with van der Waals surface area (Å²) in [6.45, 7) is 1.20. The first-order valence-corrected chi connectivity index (χ1v) is 7.81. The quantitative estimate of drug-likeness (QED) is 0.898. The summed E-state index contributed by atoms with van der Waals surface area (Å²) in [7, 11) is 0. The van der Waals surface area contributed by atoms with Crippen LogP contribution in [0.4, 0.5) is 5.82 Å². The molecule has 1 aliphatic heterocycles. The van der Waals surface area contributed by atoms with E-state index in [4.69, 9.17) is 17.3 Å². The van der Waals surface area contributed by atoms with Gasteiger partial charge in [0.2, 0.25) is 5.91 Å². The number of aromatic nitrogens is 1. The number of pyridine rings is 1. The van der Waals surface area contributed by atoms with Crippen molar-refractivity contribution in [3.05, 3.63) is 58.7 Å². The van der Waals surface area contributed by atoms with Gasteiger partial charge in [-0.3, -0.25) is 4.79 Å². The van der Waals surface area contributed by atoms with Crippen LogP contribution in [0.3, 0.4) is 0 Å². The molecule has 0 spiro atoms. The number of rotatable bonds is 4. The van der Waals surface area contributed by atoms with Gasteiger partial charge in [-0.1, -0.05) is 23.7 Å².